The summed E-state index contributed by atoms with van der Waals surface area (Å²) in [4.78, 5) is 17.3. The van der Waals surface area contributed by atoms with Crippen molar-refractivity contribution < 1.29 is 13.2 Å². The number of sulfonamides is 1. The third-order valence-corrected chi connectivity index (χ3v) is 7.08. The van der Waals surface area contributed by atoms with Crippen LogP contribution in [0.25, 0.3) is 22.2 Å². The van der Waals surface area contributed by atoms with Gasteiger partial charge in [-0.15, -0.1) is 0 Å². The lowest BCUT2D eigenvalue weighted by Gasteiger charge is -2.09. The lowest BCUT2D eigenvalue weighted by atomic mass is 10.0. The fourth-order valence-electron chi connectivity index (χ4n) is 3.97. The molecule has 1 heterocycles. The third kappa shape index (κ3) is 4.51. The van der Waals surface area contributed by atoms with E-state index in [1.807, 2.05) is 42.5 Å². The van der Waals surface area contributed by atoms with E-state index in [9.17, 15) is 13.2 Å². The fraction of sp³-hybridized carbons (Fsp3) is 0.0370. The highest BCUT2D eigenvalue weighted by Crippen LogP contribution is 2.25. The number of aromatic nitrogens is 2. The zero-order valence-electron chi connectivity index (χ0n) is 18.6. The number of hydrogen-bond acceptors (Lipinski definition) is 5. The average Bonchev–Trinajstić information content (AvgIpc) is 3.20. The van der Waals surface area contributed by atoms with Gasteiger partial charge in [0.1, 0.15) is 5.52 Å². The Labute approximate surface area is 202 Å². The number of nitrogens with two attached hydrogens (primary N) is 1. The standard InChI is InChI=1S/C27H22N4O3S/c28-27-29-25-23(26(32)30-35(33,34)22-10-5-2-6-11-22)12-7-13-24(25)31(27)18-19-14-16-21(17-15-19)20-8-3-1-4-9-20/h1-17H,18H2,(H2,28,29)(H,30,32). The Morgan fingerprint density at radius 1 is 0.800 bits per heavy atom. The van der Waals surface area contributed by atoms with E-state index in [4.69, 9.17) is 5.73 Å². The van der Waals surface area contributed by atoms with Crippen LogP contribution in [0.3, 0.4) is 0 Å². The SMILES string of the molecule is Nc1nc2c(C(=O)NS(=O)(=O)c3ccccc3)cccc2n1Cc1ccc(-c2ccccc2)cc1. The lowest BCUT2D eigenvalue weighted by Crippen LogP contribution is -2.30. The predicted octanol–water partition coefficient (Wildman–Crippen LogP) is 4.45. The van der Waals surface area contributed by atoms with Gasteiger partial charge in [0.05, 0.1) is 22.5 Å². The van der Waals surface area contributed by atoms with Gasteiger partial charge in [-0.2, -0.15) is 0 Å². The second-order valence-electron chi connectivity index (χ2n) is 8.04. The third-order valence-electron chi connectivity index (χ3n) is 5.74. The Morgan fingerprint density at radius 2 is 1.43 bits per heavy atom. The molecule has 1 aromatic heterocycles. The van der Waals surface area contributed by atoms with Gasteiger partial charge in [0.2, 0.25) is 5.95 Å². The van der Waals surface area contributed by atoms with Crippen LogP contribution >= 0.6 is 0 Å². The summed E-state index contributed by atoms with van der Waals surface area (Å²) < 4.78 is 29.2. The Morgan fingerprint density at radius 3 is 2.11 bits per heavy atom. The van der Waals surface area contributed by atoms with E-state index in [1.165, 1.54) is 18.2 Å². The molecule has 0 fully saturated rings. The van der Waals surface area contributed by atoms with E-state index in [2.05, 4.69) is 21.8 Å². The fourth-order valence-corrected chi connectivity index (χ4v) is 4.95. The maximum Gasteiger partial charge on any atom is 0.267 e. The number of anilines is 1. The molecule has 0 saturated heterocycles. The van der Waals surface area contributed by atoms with Crippen LogP contribution in [0.4, 0.5) is 5.95 Å². The van der Waals surface area contributed by atoms with Gasteiger partial charge in [0.15, 0.2) is 0 Å². The molecule has 174 valence electrons. The Balaban J connectivity index is 1.43. The average molecular weight is 483 g/mol. The van der Waals surface area contributed by atoms with E-state index in [0.717, 1.165) is 16.7 Å². The van der Waals surface area contributed by atoms with Gasteiger partial charge in [0, 0.05) is 0 Å². The minimum absolute atomic E-state index is 0.00418. The summed E-state index contributed by atoms with van der Waals surface area (Å²) in [5, 5.41) is 0. The molecule has 1 amide bonds. The summed E-state index contributed by atoms with van der Waals surface area (Å²) in [7, 11) is -4.02. The van der Waals surface area contributed by atoms with E-state index >= 15 is 0 Å². The van der Waals surface area contributed by atoms with Crippen molar-refractivity contribution in [3.05, 3.63) is 114 Å². The maximum atomic E-state index is 12.9. The van der Waals surface area contributed by atoms with Crippen molar-refractivity contribution >= 4 is 32.9 Å². The van der Waals surface area contributed by atoms with E-state index in [0.29, 0.717) is 17.6 Å². The molecular weight excluding hydrogens is 460 g/mol. The van der Waals surface area contributed by atoms with Crippen LogP contribution in [0.15, 0.2) is 108 Å². The monoisotopic (exact) mass is 482 g/mol. The second-order valence-corrected chi connectivity index (χ2v) is 9.72. The minimum atomic E-state index is -4.02. The van der Waals surface area contributed by atoms with Crippen LogP contribution in [0.5, 0.6) is 0 Å². The van der Waals surface area contributed by atoms with Crippen LogP contribution < -0.4 is 10.5 Å². The normalized spacial score (nSPS) is 11.4. The number of carbonyl (C=O) groups excluding carboxylic acids is 1. The number of nitrogens with zero attached hydrogens (tertiary/aromatic N) is 2. The molecule has 0 aliphatic carbocycles. The van der Waals surface area contributed by atoms with Gasteiger partial charge in [0.25, 0.3) is 15.9 Å². The van der Waals surface area contributed by atoms with Crippen molar-refractivity contribution in [2.75, 3.05) is 5.73 Å². The van der Waals surface area contributed by atoms with E-state index in [-0.39, 0.29) is 16.4 Å². The highest BCUT2D eigenvalue weighted by Gasteiger charge is 2.22. The van der Waals surface area contributed by atoms with Crippen LogP contribution in [0.1, 0.15) is 15.9 Å². The molecule has 0 bridgehead atoms. The number of para-hydroxylation sites is 1. The molecule has 5 rings (SSSR count). The van der Waals surface area contributed by atoms with Crippen molar-refractivity contribution in [1.29, 1.82) is 0 Å². The molecule has 0 aliphatic heterocycles. The number of imidazole rings is 1. The molecule has 5 aromatic rings. The molecule has 0 aliphatic rings. The van der Waals surface area contributed by atoms with E-state index < -0.39 is 15.9 Å². The van der Waals surface area contributed by atoms with Crippen molar-refractivity contribution in [2.24, 2.45) is 0 Å². The van der Waals surface area contributed by atoms with Gasteiger partial charge < -0.3 is 10.3 Å². The van der Waals surface area contributed by atoms with Crippen LogP contribution in [0, 0.1) is 0 Å². The molecule has 0 unspecified atom stereocenters. The first kappa shape index (κ1) is 22.4. The summed E-state index contributed by atoms with van der Waals surface area (Å²) in [6.45, 7) is 0.449. The molecule has 4 aromatic carbocycles. The Kier molecular flexibility index (Phi) is 5.80. The predicted molar refractivity (Wildman–Crippen MR) is 136 cm³/mol. The van der Waals surface area contributed by atoms with Gasteiger partial charge in [-0.1, -0.05) is 78.9 Å². The minimum Gasteiger partial charge on any atom is -0.369 e. The Hall–Kier alpha value is -4.43. The molecule has 0 spiro atoms. The van der Waals surface area contributed by atoms with Crippen LogP contribution in [-0.4, -0.2) is 23.9 Å². The smallest absolute Gasteiger partial charge is 0.267 e. The maximum absolute atomic E-state index is 12.9. The quantitative estimate of drug-likeness (QED) is 0.372. The first-order valence-electron chi connectivity index (χ1n) is 10.9. The summed E-state index contributed by atoms with van der Waals surface area (Å²) in [6, 6.07) is 31.0. The number of amides is 1. The second kappa shape index (κ2) is 9.08. The molecule has 7 nitrogen and oxygen atoms in total. The zero-order chi connectivity index (χ0) is 24.4. The summed E-state index contributed by atoms with van der Waals surface area (Å²) in [5.41, 5.74) is 10.6. The first-order valence-corrected chi connectivity index (χ1v) is 12.4. The van der Waals surface area contributed by atoms with Crippen molar-refractivity contribution in [3.8, 4) is 11.1 Å². The lowest BCUT2D eigenvalue weighted by molar-refractivity contribution is 0.0983. The summed E-state index contributed by atoms with van der Waals surface area (Å²) >= 11 is 0. The van der Waals surface area contributed by atoms with Gasteiger partial charge >= 0.3 is 0 Å². The van der Waals surface area contributed by atoms with Gasteiger partial charge in [-0.25, -0.2) is 18.1 Å². The number of nitrogen functional groups attached to an aromatic ring is 1. The zero-order valence-corrected chi connectivity index (χ0v) is 19.4. The highest BCUT2D eigenvalue weighted by molar-refractivity contribution is 7.90. The topological polar surface area (TPSA) is 107 Å². The Bertz CT molecular complexity index is 1610. The largest absolute Gasteiger partial charge is 0.369 e. The van der Waals surface area contributed by atoms with Crippen LogP contribution in [0.2, 0.25) is 0 Å². The molecule has 35 heavy (non-hydrogen) atoms. The molecule has 0 radical (unpaired) electrons. The van der Waals surface area contributed by atoms with E-state index in [1.54, 1.807) is 34.9 Å². The molecule has 8 heteroatoms. The number of benzene rings is 4. The molecular formula is C27H22N4O3S. The molecule has 0 atom stereocenters. The highest BCUT2D eigenvalue weighted by atomic mass is 32.2. The van der Waals surface area contributed by atoms with Gasteiger partial charge in [-0.3, -0.25) is 4.79 Å². The number of carbonyl (C=O) groups is 1. The first-order chi connectivity index (χ1) is 16.9. The number of fused-ring (bicyclic) bond motifs is 1. The van der Waals surface area contributed by atoms with Gasteiger partial charge in [-0.05, 0) is 41.0 Å². The summed E-state index contributed by atoms with van der Waals surface area (Å²) in [6.07, 6.45) is 0. The number of hydrogen-bond donors (Lipinski definition) is 2. The molecule has 3 N–H and O–H groups in total. The van der Waals surface area contributed by atoms with Crippen molar-refractivity contribution in [1.82, 2.24) is 14.3 Å². The van der Waals surface area contributed by atoms with Crippen LogP contribution in [-0.2, 0) is 16.6 Å². The molecule has 0 saturated carbocycles. The van der Waals surface area contributed by atoms with Crippen molar-refractivity contribution in [2.45, 2.75) is 11.4 Å². The van der Waals surface area contributed by atoms with Crippen molar-refractivity contribution in [3.63, 3.8) is 0 Å². The number of nitrogens with one attached hydrogen (secondary N) is 1. The summed E-state index contributed by atoms with van der Waals surface area (Å²) in [5.74, 6) is -0.533. The number of rotatable bonds is 6.